The number of rotatable bonds is 3. The predicted octanol–water partition coefficient (Wildman–Crippen LogP) is 3.38. The summed E-state index contributed by atoms with van der Waals surface area (Å²) in [5.74, 6) is 0.715. The Balaban J connectivity index is 2.40. The van der Waals surface area contributed by atoms with E-state index in [4.69, 9.17) is 27.2 Å². The number of benzene rings is 1. The molecule has 1 aromatic heterocycles. The molecule has 0 saturated carbocycles. The first-order chi connectivity index (χ1) is 8.49. The van der Waals surface area contributed by atoms with Crippen molar-refractivity contribution in [2.45, 2.75) is 24.0 Å². The van der Waals surface area contributed by atoms with Crippen LogP contribution in [0.25, 0.3) is 0 Å². The van der Waals surface area contributed by atoms with Crippen LogP contribution in [0.15, 0.2) is 32.7 Å². The predicted molar refractivity (Wildman–Crippen MR) is 72.6 cm³/mol. The van der Waals surface area contributed by atoms with Gasteiger partial charge in [-0.25, -0.2) is 4.98 Å². The molecule has 0 amide bonds. The molecule has 0 radical (unpaired) electrons. The Hall–Kier alpha value is -1.46. The minimum absolute atomic E-state index is 0.0666. The van der Waals surface area contributed by atoms with E-state index in [1.54, 1.807) is 12.1 Å². The molecule has 6 heteroatoms. The van der Waals surface area contributed by atoms with Crippen molar-refractivity contribution in [1.29, 1.82) is 5.41 Å². The van der Waals surface area contributed by atoms with Gasteiger partial charge < -0.3 is 10.2 Å². The Labute approximate surface area is 114 Å². The molecule has 18 heavy (non-hydrogen) atoms. The van der Waals surface area contributed by atoms with E-state index in [0.717, 1.165) is 16.3 Å². The summed E-state index contributed by atoms with van der Waals surface area (Å²) in [5, 5.41) is 8.53. The third kappa shape index (κ3) is 2.52. The highest BCUT2D eigenvalue weighted by Crippen LogP contribution is 2.33. The van der Waals surface area contributed by atoms with E-state index in [-0.39, 0.29) is 5.84 Å². The summed E-state index contributed by atoms with van der Waals surface area (Å²) in [7, 11) is 0. The lowest BCUT2D eigenvalue weighted by molar-refractivity contribution is 0.431. The average Bonchev–Trinajstić information content (AvgIpc) is 2.57. The molecule has 0 aliphatic rings. The van der Waals surface area contributed by atoms with Gasteiger partial charge in [-0.15, -0.1) is 0 Å². The number of amidine groups is 1. The van der Waals surface area contributed by atoms with Gasteiger partial charge in [0.1, 0.15) is 11.6 Å². The van der Waals surface area contributed by atoms with E-state index in [0.29, 0.717) is 15.8 Å². The maximum absolute atomic E-state index is 7.56. The second-order valence-electron chi connectivity index (χ2n) is 3.75. The number of oxazole rings is 1. The topological polar surface area (TPSA) is 75.9 Å². The number of nitrogens with two attached hydrogens (primary N) is 1. The molecule has 2 aromatic rings. The quantitative estimate of drug-likeness (QED) is 0.668. The van der Waals surface area contributed by atoms with Crippen LogP contribution in [0, 0.1) is 19.3 Å². The van der Waals surface area contributed by atoms with Crippen molar-refractivity contribution in [3.63, 3.8) is 0 Å². The molecule has 94 valence electrons. The molecule has 0 saturated heterocycles. The number of nitrogen functional groups attached to an aromatic ring is 1. The van der Waals surface area contributed by atoms with E-state index in [1.807, 2.05) is 19.9 Å². The highest BCUT2D eigenvalue weighted by molar-refractivity contribution is 7.99. The second-order valence-corrected chi connectivity index (χ2v) is 5.15. The summed E-state index contributed by atoms with van der Waals surface area (Å²) in [6, 6.07) is 5.34. The van der Waals surface area contributed by atoms with Crippen molar-refractivity contribution >= 4 is 29.2 Å². The number of nitrogens with zero attached hydrogens (tertiary/aromatic N) is 1. The van der Waals surface area contributed by atoms with Crippen LogP contribution in [-0.4, -0.2) is 10.8 Å². The third-order valence-corrected chi connectivity index (χ3v) is 3.68. The molecule has 0 unspecified atom stereocenters. The zero-order chi connectivity index (χ0) is 13.3. The maximum Gasteiger partial charge on any atom is 0.261 e. The summed E-state index contributed by atoms with van der Waals surface area (Å²) < 4.78 is 5.49. The third-order valence-electron chi connectivity index (χ3n) is 2.45. The second kappa shape index (κ2) is 5.04. The first-order valence-corrected chi connectivity index (χ1v) is 6.43. The average molecular weight is 282 g/mol. The van der Waals surface area contributed by atoms with Crippen LogP contribution in [-0.2, 0) is 0 Å². The first kappa shape index (κ1) is 13.0. The zero-order valence-electron chi connectivity index (χ0n) is 9.95. The Kier molecular flexibility index (Phi) is 3.63. The van der Waals surface area contributed by atoms with Crippen molar-refractivity contribution in [3.05, 3.63) is 40.2 Å². The fraction of sp³-hybridized carbons (Fsp3) is 0.167. The molecule has 0 bridgehead atoms. The van der Waals surface area contributed by atoms with E-state index in [9.17, 15) is 0 Å². The van der Waals surface area contributed by atoms with Crippen molar-refractivity contribution in [2.24, 2.45) is 5.73 Å². The minimum Gasteiger partial charge on any atom is -0.436 e. The molecule has 0 spiro atoms. The molecule has 2 rings (SSSR count). The smallest absolute Gasteiger partial charge is 0.261 e. The Morgan fingerprint density at radius 1 is 1.44 bits per heavy atom. The van der Waals surface area contributed by atoms with Crippen LogP contribution >= 0.6 is 23.4 Å². The van der Waals surface area contributed by atoms with Crippen LogP contribution in [0.2, 0.25) is 5.02 Å². The lowest BCUT2D eigenvalue weighted by Crippen LogP contribution is -2.12. The van der Waals surface area contributed by atoms with Crippen LogP contribution in [0.3, 0.4) is 0 Å². The molecular weight excluding hydrogens is 270 g/mol. The number of nitrogens with one attached hydrogen (secondary N) is 1. The number of aromatic nitrogens is 1. The van der Waals surface area contributed by atoms with Gasteiger partial charge in [-0.3, -0.25) is 5.41 Å². The van der Waals surface area contributed by atoms with Gasteiger partial charge in [-0.05, 0) is 37.7 Å². The van der Waals surface area contributed by atoms with Crippen LogP contribution in [0.1, 0.15) is 17.0 Å². The van der Waals surface area contributed by atoms with Gasteiger partial charge >= 0.3 is 0 Å². The first-order valence-electron chi connectivity index (χ1n) is 5.24. The summed E-state index contributed by atoms with van der Waals surface area (Å²) in [6.45, 7) is 3.74. The molecule has 0 fully saturated rings. The van der Waals surface area contributed by atoms with Crippen LogP contribution in [0.4, 0.5) is 0 Å². The molecule has 0 atom stereocenters. The fourth-order valence-electron chi connectivity index (χ4n) is 1.43. The Bertz CT molecular complexity index is 590. The molecule has 3 N–H and O–H groups in total. The highest BCUT2D eigenvalue weighted by Gasteiger charge is 2.14. The SMILES string of the molecule is Cc1nc(Sc2cccc(Cl)c2C(=N)N)oc1C. The number of hydrogen-bond donors (Lipinski definition) is 2. The molecule has 0 aliphatic heterocycles. The van der Waals surface area contributed by atoms with Crippen molar-refractivity contribution < 1.29 is 4.42 Å². The molecule has 1 aromatic carbocycles. The highest BCUT2D eigenvalue weighted by atomic mass is 35.5. The lowest BCUT2D eigenvalue weighted by Gasteiger charge is -2.07. The van der Waals surface area contributed by atoms with Gasteiger partial charge in [-0.2, -0.15) is 0 Å². The van der Waals surface area contributed by atoms with Gasteiger partial charge in [0.05, 0.1) is 10.7 Å². The molecular formula is C12H12ClN3OS. The number of aryl methyl sites for hydroxylation is 2. The summed E-state index contributed by atoms with van der Waals surface area (Å²) in [4.78, 5) is 5.04. The standard InChI is InChI=1S/C12H12ClN3OS/c1-6-7(2)17-12(16-6)18-9-5-3-4-8(13)10(9)11(14)15/h3-5H,1-2H3,(H3,14,15). The van der Waals surface area contributed by atoms with Crippen LogP contribution in [0.5, 0.6) is 0 Å². The normalized spacial score (nSPS) is 10.6. The molecule has 4 nitrogen and oxygen atoms in total. The largest absolute Gasteiger partial charge is 0.436 e. The van der Waals surface area contributed by atoms with E-state index in [1.165, 1.54) is 11.8 Å². The summed E-state index contributed by atoms with van der Waals surface area (Å²) >= 11 is 7.35. The Morgan fingerprint density at radius 2 is 2.17 bits per heavy atom. The maximum atomic E-state index is 7.56. The van der Waals surface area contributed by atoms with Gasteiger partial charge in [0.15, 0.2) is 0 Å². The van der Waals surface area contributed by atoms with Crippen molar-refractivity contribution in [3.8, 4) is 0 Å². The van der Waals surface area contributed by atoms with Gasteiger partial charge in [-0.1, -0.05) is 17.7 Å². The Morgan fingerprint density at radius 3 is 2.72 bits per heavy atom. The minimum atomic E-state index is -0.0666. The van der Waals surface area contributed by atoms with E-state index < -0.39 is 0 Å². The molecule has 0 aliphatic carbocycles. The molecule has 1 heterocycles. The zero-order valence-corrected chi connectivity index (χ0v) is 11.5. The van der Waals surface area contributed by atoms with E-state index >= 15 is 0 Å². The van der Waals surface area contributed by atoms with Gasteiger partial charge in [0, 0.05) is 10.5 Å². The van der Waals surface area contributed by atoms with Crippen LogP contribution < -0.4 is 5.73 Å². The summed E-state index contributed by atoms with van der Waals surface area (Å²) in [5.41, 5.74) is 6.90. The number of hydrogen-bond acceptors (Lipinski definition) is 4. The van der Waals surface area contributed by atoms with E-state index in [2.05, 4.69) is 4.98 Å². The van der Waals surface area contributed by atoms with Gasteiger partial charge in [0.25, 0.3) is 5.22 Å². The lowest BCUT2D eigenvalue weighted by atomic mass is 10.2. The monoisotopic (exact) mass is 281 g/mol. The van der Waals surface area contributed by atoms with Crippen molar-refractivity contribution in [2.75, 3.05) is 0 Å². The fourth-order valence-corrected chi connectivity index (χ4v) is 2.77. The number of halogens is 1. The van der Waals surface area contributed by atoms with Crippen molar-refractivity contribution in [1.82, 2.24) is 4.98 Å². The van der Waals surface area contributed by atoms with Gasteiger partial charge in [0.2, 0.25) is 0 Å². The summed E-state index contributed by atoms with van der Waals surface area (Å²) in [6.07, 6.45) is 0.